The number of carbonyl (C=O) groups is 1. The maximum Gasteiger partial charge on any atom is 0.255 e. The predicted molar refractivity (Wildman–Crippen MR) is 105 cm³/mol. The third kappa shape index (κ3) is 4.84. The normalized spacial score (nSPS) is 11.9. The van der Waals surface area contributed by atoms with Crippen molar-refractivity contribution in [1.82, 2.24) is 9.97 Å². The summed E-state index contributed by atoms with van der Waals surface area (Å²) >= 11 is 0. The molecule has 2 rings (SSSR count). The number of hydrogen-bond donors (Lipinski definition) is 1. The van der Waals surface area contributed by atoms with Crippen LogP contribution in [-0.4, -0.2) is 22.9 Å². The molecule has 0 radical (unpaired) electrons. The number of halogens is 2. The Morgan fingerprint density at radius 2 is 1.93 bits per heavy atom. The zero-order valence-electron chi connectivity index (χ0n) is 15.3. The fraction of sp³-hybridized carbons (Fsp3) is 0.150. The Bertz CT molecular complexity index is 914. The maximum atomic E-state index is 14.3. The minimum absolute atomic E-state index is 0. The molecule has 0 aliphatic heterocycles. The van der Waals surface area contributed by atoms with Crippen LogP contribution in [0.2, 0.25) is 0 Å². The molecule has 0 saturated heterocycles. The van der Waals surface area contributed by atoms with Gasteiger partial charge in [0.15, 0.2) is 0 Å². The van der Waals surface area contributed by atoms with E-state index in [-0.39, 0.29) is 12.8 Å². The van der Waals surface area contributed by atoms with Crippen LogP contribution in [0.4, 0.5) is 25.8 Å². The number of nitrogens with one attached hydrogen (secondary N) is 1. The van der Waals surface area contributed by atoms with E-state index in [0.717, 1.165) is 11.6 Å². The SMILES string of the molecule is C=C/C(C)=C\C(=C/C)C(=O)Nc1cc(N(C)c2cncnc2)c(F)cc1F.[HH]. The van der Waals surface area contributed by atoms with Gasteiger partial charge in [-0.1, -0.05) is 24.3 Å². The molecule has 0 bridgehead atoms. The van der Waals surface area contributed by atoms with Crippen molar-refractivity contribution < 1.29 is 15.0 Å². The fourth-order valence-corrected chi connectivity index (χ4v) is 2.27. The zero-order valence-corrected chi connectivity index (χ0v) is 15.3. The van der Waals surface area contributed by atoms with Gasteiger partial charge < -0.3 is 10.2 Å². The topological polar surface area (TPSA) is 58.1 Å². The molecular weight excluding hydrogens is 350 g/mol. The minimum atomic E-state index is -0.873. The lowest BCUT2D eigenvalue weighted by Crippen LogP contribution is -2.17. The highest BCUT2D eigenvalue weighted by Gasteiger charge is 2.17. The van der Waals surface area contributed by atoms with Gasteiger partial charge >= 0.3 is 0 Å². The third-order valence-electron chi connectivity index (χ3n) is 3.86. The molecular formula is C20H22F2N4O. The second-order valence-electron chi connectivity index (χ2n) is 5.73. The van der Waals surface area contributed by atoms with Crippen molar-refractivity contribution in [3.63, 3.8) is 0 Å². The number of aromatic nitrogens is 2. The van der Waals surface area contributed by atoms with Gasteiger partial charge in [-0.25, -0.2) is 18.7 Å². The van der Waals surface area contributed by atoms with Crippen molar-refractivity contribution in [2.75, 3.05) is 17.3 Å². The second kappa shape index (κ2) is 8.84. The lowest BCUT2D eigenvalue weighted by Gasteiger charge is -2.20. The van der Waals surface area contributed by atoms with Gasteiger partial charge in [0.2, 0.25) is 0 Å². The van der Waals surface area contributed by atoms with Gasteiger partial charge in [-0.05, 0) is 26.0 Å². The molecule has 5 nitrogen and oxygen atoms in total. The van der Waals surface area contributed by atoms with Gasteiger partial charge in [-0.3, -0.25) is 4.79 Å². The molecule has 7 heteroatoms. The summed E-state index contributed by atoms with van der Waals surface area (Å²) in [6.45, 7) is 7.11. The van der Waals surface area contributed by atoms with Crippen LogP contribution in [0, 0.1) is 11.6 Å². The van der Waals surface area contributed by atoms with Crippen LogP contribution in [-0.2, 0) is 4.79 Å². The monoisotopic (exact) mass is 372 g/mol. The first kappa shape index (κ1) is 20.0. The molecule has 142 valence electrons. The van der Waals surface area contributed by atoms with Crippen molar-refractivity contribution >= 4 is 23.0 Å². The summed E-state index contributed by atoms with van der Waals surface area (Å²) in [4.78, 5) is 21.6. The predicted octanol–water partition coefficient (Wildman–Crippen LogP) is 4.79. The standard InChI is InChI=1S/C20H20F2N4O.H2/c1-5-13(3)7-14(6-2)20(27)25-18-9-19(17(22)8-16(18)21)26(4)15-10-23-12-24-11-15;/h5-12H,1H2,2-4H3,(H,25,27);1H/b13-7-,14-6+;. The first-order valence-corrected chi connectivity index (χ1v) is 8.13. The molecule has 0 aliphatic rings. The van der Waals surface area contributed by atoms with Crippen LogP contribution in [0.5, 0.6) is 0 Å². The highest BCUT2D eigenvalue weighted by Crippen LogP contribution is 2.30. The first-order chi connectivity index (χ1) is 12.9. The van der Waals surface area contributed by atoms with E-state index in [4.69, 9.17) is 0 Å². The van der Waals surface area contributed by atoms with Gasteiger partial charge in [-0.15, -0.1) is 0 Å². The molecule has 0 spiro atoms. The summed E-state index contributed by atoms with van der Waals surface area (Å²) in [5.74, 6) is -2.16. The zero-order chi connectivity index (χ0) is 20.0. The van der Waals surface area contributed by atoms with Gasteiger partial charge in [0, 0.05) is 20.1 Å². The van der Waals surface area contributed by atoms with Crippen LogP contribution < -0.4 is 10.2 Å². The smallest absolute Gasteiger partial charge is 0.255 e. The number of hydrogen-bond acceptors (Lipinski definition) is 4. The second-order valence-corrected chi connectivity index (χ2v) is 5.73. The number of rotatable bonds is 6. The van der Waals surface area contributed by atoms with E-state index >= 15 is 0 Å². The summed E-state index contributed by atoms with van der Waals surface area (Å²) in [6.07, 6.45) is 9.16. The molecule has 0 atom stereocenters. The van der Waals surface area contributed by atoms with Crippen molar-refractivity contribution in [1.29, 1.82) is 0 Å². The summed E-state index contributed by atoms with van der Waals surface area (Å²) in [6, 6.07) is 1.96. The summed E-state index contributed by atoms with van der Waals surface area (Å²) in [7, 11) is 1.59. The number of benzene rings is 1. The van der Waals surface area contributed by atoms with E-state index < -0.39 is 17.5 Å². The van der Waals surface area contributed by atoms with Gasteiger partial charge in [0.25, 0.3) is 5.91 Å². The lowest BCUT2D eigenvalue weighted by molar-refractivity contribution is -0.112. The largest absolute Gasteiger partial charge is 0.340 e. The summed E-state index contributed by atoms with van der Waals surface area (Å²) in [5, 5.41) is 2.48. The van der Waals surface area contributed by atoms with E-state index in [1.54, 1.807) is 39.1 Å². The Balaban J connectivity index is 0.00000392. The Labute approximate surface area is 158 Å². The van der Waals surface area contributed by atoms with E-state index in [0.29, 0.717) is 11.3 Å². The summed E-state index contributed by atoms with van der Waals surface area (Å²) in [5.41, 5.74) is 1.56. The quantitative estimate of drug-likeness (QED) is 0.585. The number of nitrogens with zero attached hydrogens (tertiary/aromatic N) is 3. The van der Waals surface area contributed by atoms with E-state index in [2.05, 4.69) is 21.9 Å². The Hall–Kier alpha value is -3.35. The first-order valence-electron chi connectivity index (χ1n) is 8.13. The third-order valence-corrected chi connectivity index (χ3v) is 3.86. The highest BCUT2D eigenvalue weighted by molar-refractivity contribution is 6.06. The number of carbonyl (C=O) groups excluding carboxylic acids is 1. The Morgan fingerprint density at radius 1 is 1.26 bits per heavy atom. The van der Waals surface area contributed by atoms with Crippen LogP contribution in [0.25, 0.3) is 0 Å². The van der Waals surface area contributed by atoms with Crippen LogP contribution in [0.3, 0.4) is 0 Å². The molecule has 0 unspecified atom stereocenters. The van der Waals surface area contributed by atoms with Crippen molar-refractivity contribution in [2.24, 2.45) is 0 Å². The Morgan fingerprint density at radius 3 is 2.52 bits per heavy atom. The maximum absolute atomic E-state index is 14.3. The Kier molecular flexibility index (Phi) is 6.54. The van der Waals surface area contributed by atoms with E-state index in [1.807, 2.05) is 0 Å². The number of amides is 1. The van der Waals surface area contributed by atoms with Gasteiger partial charge in [-0.2, -0.15) is 0 Å². The van der Waals surface area contributed by atoms with Gasteiger partial charge in [0.05, 0.1) is 29.5 Å². The molecule has 1 heterocycles. The van der Waals surface area contributed by atoms with Gasteiger partial charge in [0.1, 0.15) is 18.0 Å². The lowest BCUT2D eigenvalue weighted by atomic mass is 10.1. The summed E-state index contributed by atoms with van der Waals surface area (Å²) < 4.78 is 28.5. The average molecular weight is 372 g/mol. The minimum Gasteiger partial charge on any atom is -0.340 e. The number of allylic oxidation sites excluding steroid dienone is 3. The average Bonchev–Trinajstić information content (AvgIpc) is 2.67. The van der Waals surface area contributed by atoms with E-state index in [1.165, 1.54) is 29.7 Å². The van der Waals surface area contributed by atoms with Crippen LogP contribution >= 0.6 is 0 Å². The fourth-order valence-electron chi connectivity index (χ4n) is 2.27. The molecule has 27 heavy (non-hydrogen) atoms. The van der Waals surface area contributed by atoms with Crippen LogP contribution in [0.1, 0.15) is 15.3 Å². The number of anilines is 3. The van der Waals surface area contributed by atoms with Crippen molar-refractivity contribution in [3.05, 3.63) is 78.4 Å². The van der Waals surface area contributed by atoms with E-state index in [9.17, 15) is 13.6 Å². The van der Waals surface area contributed by atoms with Crippen molar-refractivity contribution in [3.8, 4) is 0 Å². The molecule has 0 aliphatic carbocycles. The molecule has 1 amide bonds. The molecule has 1 aromatic heterocycles. The highest BCUT2D eigenvalue weighted by atomic mass is 19.1. The molecule has 1 aromatic carbocycles. The molecule has 0 saturated carbocycles. The molecule has 0 fully saturated rings. The molecule has 1 N–H and O–H groups in total. The van der Waals surface area contributed by atoms with Crippen molar-refractivity contribution in [2.45, 2.75) is 13.8 Å². The molecule has 2 aromatic rings. The van der Waals surface area contributed by atoms with Crippen LogP contribution in [0.15, 0.2) is 66.8 Å².